The molecule has 3 N–H and O–H groups in total. The molecular weight excluding hydrogens is 625 g/mol. The molecule has 3 amide bonds. The zero-order valence-corrected chi connectivity index (χ0v) is 27.0. The van der Waals surface area contributed by atoms with Gasteiger partial charge in [-0.2, -0.15) is 0 Å². The number of hydrogen-bond donors (Lipinski definition) is 3. The molecule has 0 saturated heterocycles. The highest BCUT2D eigenvalue weighted by Crippen LogP contribution is 2.37. The number of amides is 3. The van der Waals surface area contributed by atoms with Crippen LogP contribution in [0.3, 0.4) is 0 Å². The largest absolute Gasteiger partial charge is 0.324 e. The molecule has 5 aromatic rings. The number of nitrogens with one attached hydrogen (secondary N) is 3. The molecule has 0 heterocycles. The van der Waals surface area contributed by atoms with Gasteiger partial charge in [0.1, 0.15) is 10.9 Å². The molecule has 0 fully saturated rings. The lowest BCUT2D eigenvalue weighted by Crippen LogP contribution is -2.30. The summed E-state index contributed by atoms with van der Waals surface area (Å²) in [4.78, 5) is 51.6. The van der Waals surface area contributed by atoms with E-state index in [4.69, 9.17) is 0 Å². The Morgan fingerprint density at radius 2 is 1.46 bits per heavy atom. The number of hydrogen-bond acceptors (Lipinski definition) is 6. The Kier molecular flexibility index (Phi) is 10.8. The minimum atomic E-state index is -0.678. The van der Waals surface area contributed by atoms with Crippen molar-refractivity contribution in [1.29, 1.82) is 0 Å². The van der Waals surface area contributed by atoms with Crippen molar-refractivity contribution in [1.82, 2.24) is 5.32 Å². The number of nitro benzene ring substituents is 1. The zero-order valence-electron chi connectivity index (χ0n) is 26.2. The number of thioether (sulfide) groups is 1. The smallest absolute Gasteiger partial charge is 0.272 e. The number of rotatable bonds is 11. The van der Waals surface area contributed by atoms with Crippen LogP contribution in [-0.4, -0.2) is 22.6 Å². The number of non-ortho nitro benzene ring substituents is 1. The summed E-state index contributed by atoms with van der Waals surface area (Å²) in [6.45, 7) is 3.71. The van der Waals surface area contributed by atoms with Crippen LogP contribution in [0.15, 0.2) is 138 Å². The first-order valence-electron chi connectivity index (χ1n) is 15.0. The van der Waals surface area contributed by atoms with Gasteiger partial charge in [0.25, 0.3) is 17.5 Å². The van der Waals surface area contributed by atoms with Crippen molar-refractivity contribution >= 4 is 52.6 Å². The van der Waals surface area contributed by atoms with E-state index in [9.17, 15) is 24.5 Å². The van der Waals surface area contributed by atoms with Gasteiger partial charge in [-0.15, -0.1) is 11.8 Å². The maximum atomic E-state index is 13.6. The van der Waals surface area contributed by atoms with Crippen molar-refractivity contribution in [2.45, 2.75) is 24.0 Å². The molecule has 9 nitrogen and oxygen atoms in total. The Balaban J connectivity index is 1.34. The lowest BCUT2D eigenvalue weighted by molar-refractivity contribution is -0.384. The van der Waals surface area contributed by atoms with Crippen LogP contribution in [0.2, 0.25) is 0 Å². The molecule has 5 aromatic carbocycles. The Bertz CT molecular complexity index is 1980. The summed E-state index contributed by atoms with van der Waals surface area (Å²) in [5.41, 5.74) is 4.43. The molecular formula is C38H32N4O5S. The fourth-order valence-corrected chi connectivity index (χ4v) is 5.80. The van der Waals surface area contributed by atoms with Gasteiger partial charge in [0.05, 0.1) is 10.6 Å². The summed E-state index contributed by atoms with van der Waals surface area (Å²) in [6.07, 6.45) is 1.62. The zero-order chi connectivity index (χ0) is 34.0. The second kappa shape index (κ2) is 15.5. The molecule has 0 aliphatic carbocycles. The van der Waals surface area contributed by atoms with E-state index in [2.05, 4.69) is 16.0 Å². The highest BCUT2D eigenvalue weighted by Gasteiger charge is 2.24. The number of benzene rings is 5. The minimum Gasteiger partial charge on any atom is -0.324 e. The molecule has 0 saturated carbocycles. The first kappa shape index (κ1) is 33.4. The van der Waals surface area contributed by atoms with Gasteiger partial charge in [0.2, 0.25) is 5.91 Å². The topological polar surface area (TPSA) is 130 Å². The summed E-state index contributed by atoms with van der Waals surface area (Å²) < 4.78 is 0. The molecule has 240 valence electrons. The monoisotopic (exact) mass is 656 g/mol. The van der Waals surface area contributed by atoms with Crippen LogP contribution >= 0.6 is 11.8 Å². The summed E-state index contributed by atoms with van der Waals surface area (Å²) in [5.74, 6) is -1.26. The molecule has 0 aromatic heterocycles. The average Bonchev–Trinajstić information content (AvgIpc) is 3.09. The Hall–Kier alpha value is -6.00. The van der Waals surface area contributed by atoms with Crippen molar-refractivity contribution in [3.8, 4) is 0 Å². The number of anilines is 2. The third-order valence-electron chi connectivity index (χ3n) is 7.28. The fourth-order valence-electron chi connectivity index (χ4n) is 4.78. The van der Waals surface area contributed by atoms with Crippen LogP contribution in [0, 0.1) is 24.0 Å². The fraction of sp³-hybridized carbons (Fsp3) is 0.0789. The van der Waals surface area contributed by atoms with E-state index in [0.29, 0.717) is 22.5 Å². The van der Waals surface area contributed by atoms with Crippen molar-refractivity contribution in [2.24, 2.45) is 0 Å². The number of aryl methyl sites for hydroxylation is 2. The van der Waals surface area contributed by atoms with Crippen LogP contribution in [0.25, 0.3) is 6.08 Å². The highest BCUT2D eigenvalue weighted by molar-refractivity contribution is 8.00. The maximum Gasteiger partial charge on any atom is 0.272 e. The van der Waals surface area contributed by atoms with E-state index >= 15 is 0 Å². The van der Waals surface area contributed by atoms with Crippen LogP contribution in [0.1, 0.15) is 37.9 Å². The van der Waals surface area contributed by atoms with Gasteiger partial charge < -0.3 is 16.0 Å². The summed E-state index contributed by atoms with van der Waals surface area (Å²) in [7, 11) is 0. The maximum absolute atomic E-state index is 13.6. The molecule has 1 atom stereocenters. The molecule has 0 aliphatic heterocycles. The second-order valence-corrected chi connectivity index (χ2v) is 12.1. The standard InChI is InChI=1S/C38H32N4O5S/c1-25-10-9-11-27(22-25)23-34(41-36(43)29-14-7-4-8-15-29)37(44)39-30-17-20-32(21-18-30)48-35(28-12-5-3-6-13-28)38(45)40-33-24-31(42(46)47)19-16-26(33)2/h3-24,35H,1-2H3,(H,39,44)(H,40,45)(H,41,43)/b34-23-. The minimum absolute atomic E-state index is 0.0742. The van der Waals surface area contributed by atoms with E-state index in [-0.39, 0.29) is 17.3 Å². The number of carbonyl (C=O) groups excluding carboxylic acids is 3. The van der Waals surface area contributed by atoms with Gasteiger partial charge in [-0.1, -0.05) is 84.4 Å². The first-order valence-corrected chi connectivity index (χ1v) is 15.9. The van der Waals surface area contributed by atoms with E-state index in [1.54, 1.807) is 67.6 Å². The molecule has 1 unspecified atom stereocenters. The highest BCUT2D eigenvalue weighted by atomic mass is 32.2. The van der Waals surface area contributed by atoms with E-state index in [1.165, 1.54) is 23.9 Å². The third-order valence-corrected chi connectivity index (χ3v) is 8.54. The van der Waals surface area contributed by atoms with Gasteiger partial charge in [-0.05, 0) is 73.0 Å². The average molecular weight is 657 g/mol. The molecule has 10 heteroatoms. The number of nitro groups is 1. The van der Waals surface area contributed by atoms with Crippen molar-refractivity contribution in [3.05, 3.63) is 171 Å². The van der Waals surface area contributed by atoms with Gasteiger partial charge in [-0.25, -0.2) is 0 Å². The molecule has 5 rings (SSSR count). The Labute approximate surface area is 282 Å². The van der Waals surface area contributed by atoms with Gasteiger partial charge in [-0.3, -0.25) is 24.5 Å². The van der Waals surface area contributed by atoms with Crippen molar-refractivity contribution in [2.75, 3.05) is 10.6 Å². The molecule has 48 heavy (non-hydrogen) atoms. The van der Waals surface area contributed by atoms with Crippen molar-refractivity contribution in [3.63, 3.8) is 0 Å². The summed E-state index contributed by atoms with van der Waals surface area (Å²) >= 11 is 1.30. The lowest BCUT2D eigenvalue weighted by Gasteiger charge is -2.18. The van der Waals surface area contributed by atoms with E-state index in [0.717, 1.165) is 21.6 Å². The third kappa shape index (κ3) is 8.83. The van der Waals surface area contributed by atoms with Crippen LogP contribution < -0.4 is 16.0 Å². The van der Waals surface area contributed by atoms with E-state index < -0.39 is 22.0 Å². The summed E-state index contributed by atoms with van der Waals surface area (Å²) in [5, 5.41) is 19.1. The summed E-state index contributed by atoms with van der Waals surface area (Å²) in [6, 6.07) is 36.8. The SMILES string of the molecule is Cc1cccc(/C=C(\NC(=O)c2ccccc2)C(=O)Nc2ccc(SC(C(=O)Nc3cc([N+](=O)[O-])ccc3C)c3ccccc3)cc2)c1. The Morgan fingerprint density at radius 1 is 0.771 bits per heavy atom. The molecule has 0 bridgehead atoms. The Morgan fingerprint density at radius 3 is 2.12 bits per heavy atom. The first-order chi connectivity index (χ1) is 23.2. The predicted molar refractivity (Wildman–Crippen MR) is 190 cm³/mol. The number of carbonyl (C=O) groups is 3. The normalized spacial score (nSPS) is 11.7. The molecule has 0 aliphatic rings. The number of nitrogens with zero attached hydrogens (tertiary/aromatic N) is 1. The van der Waals surface area contributed by atoms with Crippen LogP contribution in [0.4, 0.5) is 17.1 Å². The van der Waals surface area contributed by atoms with Crippen LogP contribution in [-0.2, 0) is 9.59 Å². The van der Waals surface area contributed by atoms with Gasteiger partial charge in [0.15, 0.2) is 0 Å². The molecule has 0 radical (unpaired) electrons. The predicted octanol–water partition coefficient (Wildman–Crippen LogP) is 8.09. The van der Waals surface area contributed by atoms with Gasteiger partial charge >= 0.3 is 0 Å². The van der Waals surface area contributed by atoms with Crippen molar-refractivity contribution < 1.29 is 19.3 Å². The molecule has 0 spiro atoms. The van der Waals surface area contributed by atoms with Crippen LogP contribution in [0.5, 0.6) is 0 Å². The quantitative estimate of drug-likeness (QED) is 0.0570. The van der Waals surface area contributed by atoms with E-state index in [1.807, 2.05) is 67.6 Å². The van der Waals surface area contributed by atoms with Gasteiger partial charge in [0, 0.05) is 28.3 Å². The second-order valence-electron chi connectivity index (χ2n) is 10.9. The lowest BCUT2D eigenvalue weighted by atomic mass is 10.1.